The van der Waals surface area contributed by atoms with E-state index in [4.69, 9.17) is 0 Å². The molecule has 0 radical (unpaired) electrons. The quantitative estimate of drug-likeness (QED) is 0.172. The summed E-state index contributed by atoms with van der Waals surface area (Å²) in [5, 5.41) is 9.37. The summed E-state index contributed by atoms with van der Waals surface area (Å²) in [5.74, 6) is 1.40. The van der Waals surface area contributed by atoms with E-state index in [2.05, 4.69) is 25.8 Å². The van der Waals surface area contributed by atoms with Crippen molar-refractivity contribution in [3.8, 4) is 0 Å². The number of piperidine rings is 1. The van der Waals surface area contributed by atoms with Gasteiger partial charge in [-0.15, -0.1) is 35.7 Å². The summed E-state index contributed by atoms with van der Waals surface area (Å²) in [7, 11) is 3.41. The van der Waals surface area contributed by atoms with Crippen LogP contribution in [0.4, 0.5) is 4.39 Å². The van der Waals surface area contributed by atoms with Gasteiger partial charge in [-0.1, -0.05) is 12.1 Å². The Balaban J connectivity index is 0.00000364. The number of hydrogen-bond donors (Lipinski definition) is 3. The van der Waals surface area contributed by atoms with Crippen LogP contribution in [0, 0.1) is 5.82 Å². The molecule has 27 heavy (non-hydrogen) atoms. The van der Waals surface area contributed by atoms with Gasteiger partial charge in [0, 0.05) is 50.4 Å². The first kappa shape index (κ1) is 24.0. The largest absolute Gasteiger partial charge is 0.358 e. The van der Waals surface area contributed by atoms with Crippen LogP contribution in [-0.2, 0) is 4.79 Å². The highest BCUT2D eigenvalue weighted by atomic mass is 127. The third-order valence-electron chi connectivity index (χ3n) is 4.29. The van der Waals surface area contributed by atoms with Crippen molar-refractivity contribution in [2.75, 3.05) is 46.0 Å². The molecule has 1 heterocycles. The average Bonchev–Trinajstić information content (AvgIpc) is 2.66. The average molecular weight is 509 g/mol. The topological polar surface area (TPSA) is 68.8 Å². The molecule has 6 nitrogen and oxygen atoms in total. The van der Waals surface area contributed by atoms with Crippen molar-refractivity contribution in [3.05, 3.63) is 30.1 Å². The molecule has 1 saturated heterocycles. The van der Waals surface area contributed by atoms with Crippen molar-refractivity contribution in [2.45, 2.75) is 23.8 Å². The Kier molecular flexibility index (Phi) is 11.7. The summed E-state index contributed by atoms with van der Waals surface area (Å²) < 4.78 is 13.6. The zero-order chi connectivity index (χ0) is 18.8. The maximum Gasteiger partial charge on any atom is 0.233 e. The van der Waals surface area contributed by atoms with Gasteiger partial charge in [-0.2, -0.15) is 0 Å². The minimum absolute atomic E-state index is 0. The number of rotatable bonds is 7. The molecule has 2 rings (SSSR count). The summed E-state index contributed by atoms with van der Waals surface area (Å²) in [6.45, 7) is 2.95. The molecule has 3 N–H and O–H groups in total. The number of carbonyl (C=O) groups excluding carboxylic acids is 1. The monoisotopic (exact) mass is 509 g/mol. The number of guanidine groups is 1. The molecule has 0 aromatic heterocycles. The fourth-order valence-corrected chi connectivity index (χ4v) is 3.60. The van der Waals surface area contributed by atoms with Gasteiger partial charge in [-0.25, -0.2) is 4.39 Å². The van der Waals surface area contributed by atoms with E-state index >= 15 is 0 Å². The molecule has 0 saturated carbocycles. The lowest BCUT2D eigenvalue weighted by atomic mass is 10.1. The van der Waals surface area contributed by atoms with E-state index in [0.29, 0.717) is 24.0 Å². The van der Waals surface area contributed by atoms with Gasteiger partial charge in [0.2, 0.25) is 5.91 Å². The van der Waals surface area contributed by atoms with Crippen LogP contribution in [0.5, 0.6) is 0 Å². The summed E-state index contributed by atoms with van der Waals surface area (Å²) in [4.78, 5) is 18.5. The molecule has 1 aromatic carbocycles. The highest BCUT2D eigenvalue weighted by Gasteiger charge is 2.21. The first-order valence-corrected chi connectivity index (χ1v) is 9.88. The number of hydrogen-bond acceptors (Lipinski definition) is 4. The van der Waals surface area contributed by atoms with Crippen molar-refractivity contribution >= 4 is 47.6 Å². The van der Waals surface area contributed by atoms with Crippen LogP contribution in [0.3, 0.4) is 0 Å². The number of aliphatic imine (C=N–C) groups is 1. The van der Waals surface area contributed by atoms with Gasteiger partial charge < -0.3 is 16.0 Å². The van der Waals surface area contributed by atoms with Gasteiger partial charge in [0.25, 0.3) is 0 Å². The molecule has 0 bridgehead atoms. The molecule has 1 amide bonds. The van der Waals surface area contributed by atoms with E-state index in [1.165, 1.54) is 17.8 Å². The first-order chi connectivity index (χ1) is 12.6. The Bertz CT molecular complexity index is 611. The predicted octanol–water partition coefficient (Wildman–Crippen LogP) is 1.91. The molecular weight excluding hydrogens is 480 g/mol. The second kappa shape index (κ2) is 13.2. The molecule has 0 unspecified atom stereocenters. The van der Waals surface area contributed by atoms with Crippen molar-refractivity contribution in [1.29, 1.82) is 0 Å². The van der Waals surface area contributed by atoms with Crippen LogP contribution in [0.2, 0.25) is 0 Å². The van der Waals surface area contributed by atoms with Crippen molar-refractivity contribution in [2.24, 2.45) is 4.99 Å². The number of nitrogens with one attached hydrogen (secondary N) is 3. The van der Waals surface area contributed by atoms with Crippen LogP contribution < -0.4 is 16.0 Å². The molecule has 9 heteroatoms. The minimum Gasteiger partial charge on any atom is -0.358 e. The lowest BCUT2D eigenvalue weighted by Crippen LogP contribution is -2.50. The van der Waals surface area contributed by atoms with Gasteiger partial charge in [-0.05, 0) is 25.0 Å². The number of halogens is 2. The third-order valence-corrected chi connectivity index (χ3v) is 5.34. The number of carbonyl (C=O) groups is 1. The van der Waals surface area contributed by atoms with E-state index in [9.17, 15) is 9.18 Å². The number of benzene rings is 1. The molecule has 0 spiro atoms. The van der Waals surface area contributed by atoms with Crippen LogP contribution in [0.15, 0.2) is 34.2 Å². The summed E-state index contributed by atoms with van der Waals surface area (Å²) in [6, 6.07) is 7.16. The lowest BCUT2D eigenvalue weighted by molar-refractivity contribution is -0.122. The summed E-state index contributed by atoms with van der Waals surface area (Å²) >= 11 is 1.49. The van der Waals surface area contributed by atoms with E-state index in [1.807, 2.05) is 6.07 Å². The normalized spacial score (nSPS) is 15.7. The zero-order valence-electron chi connectivity index (χ0n) is 15.8. The molecule has 152 valence electrons. The van der Waals surface area contributed by atoms with Crippen molar-refractivity contribution < 1.29 is 9.18 Å². The Hall–Kier alpha value is -1.07. The number of likely N-dealkylation sites (N-methyl/N-ethyl adjacent to an activating group) is 1. The van der Waals surface area contributed by atoms with E-state index in [0.717, 1.165) is 37.6 Å². The molecule has 1 fully saturated rings. The number of thioether (sulfide) groups is 1. The molecular formula is C18H29FIN5OS. The van der Waals surface area contributed by atoms with Crippen LogP contribution in [-0.4, -0.2) is 68.8 Å². The second-order valence-corrected chi connectivity index (χ2v) is 7.28. The van der Waals surface area contributed by atoms with E-state index < -0.39 is 0 Å². The van der Waals surface area contributed by atoms with Crippen LogP contribution in [0.1, 0.15) is 12.8 Å². The molecule has 1 aliphatic heterocycles. The first-order valence-electron chi connectivity index (χ1n) is 8.90. The molecule has 0 atom stereocenters. The van der Waals surface area contributed by atoms with E-state index in [1.54, 1.807) is 26.2 Å². The lowest BCUT2D eigenvalue weighted by Gasteiger charge is -2.32. The molecule has 0 aliphatic carbocycles. The van der Waals surface area contributed by atoms with Crippen molar-refractivity contribution in [3.63, 3.8) is 0 Å². The Labute approximate surface area is 182 Å². The second-order valence-electron chi connectivity index (χ2n) is 6.15. The van der Waals surface area contributed by atoms with Gasteiger partial charge in [0.15, 0.2) is 5.96 Å². The van der Waals surface area contributed by atoms with Crippen molar-refractivity contribution in [1.82, 2.24) is 20.9 Å². The number of amides is 1. The maximum atomic E-state index is 13.6. The number of nitrogens with zero attached hydrogens (tertiary/aromatic N) is 2. The highest BCUT2D eigenvalue weighted by molar-refractivity contribution is 14.0. The highest BCUT2D eigenvalue weighted by Crippen LogP contribution is 2.20. The Morgan fingerprint density at radius 1 is 1.33 bits per heavy atom. The predicted molar refractivity (Wildman–Crippen MR) is 121 cm³/mol. The summed E-state index contributed by atoms with van der Waals surface area (Å²) in [6.07, 6.45) is 1.95. The minimum atomic E-state index is -0.177. The molecule has 1 aromatic rings. The van der Waals surface area contributed by atoms with Gasteiger partial charge in [-0.3, -0.25) is 14.7 Å². The fourth-order valence-electron chi connectivity index (χ4n) is 2.80. The zero-order valence-corrected chi connectivity index (χ0v) is 19.0. The van der Waals surface area contributed by atoms with Gasteiger partial charge >= 0.3 is 0 Å². The smallest absolute Gasteiger partial charge is 0.233 e. The number of likely N-dealkylation sites (tertiary alicyclic amines) is 1. The summed E-state index contributed by atoms with van der Waals surface area (Å²) in [5.41, 5.74) is 0. The maximum absolute atomic E-state index is 13.6. The standard InChI is InChI=1S/C18H28FN5OS.HI/c1-20-17(25)13-24-10-7-14(8-11-24)23-18(21-2)22-9-12-26-16-6-4-3-5-15(16)19;/h3-6,14H,7-13H2,1-2H3,(H,20,25)(H2,21,22,23);1H. The van der Waals surface area contributed by atoms with Gasteiger partial charge in [0.1, 0.15) is 5.82 Å². The Morgan fingerprint density at radius 3 is 2.67 bits per heavy atom. The van der Waals surface area contributed by atoms with E-state index in [-0.39, 0.29) is 35.7 Å². The van der Waals surface area contributed by atoms with Crippen LogP contribution in [0.25, 0.3) is 0 Å². The third kappa shape index (κ3) is 8.65. The fraction of sp³-hybridized carbons (Fsp3) is 0.556. The molecule has 1 aliphatic rings. The Morgan fingerprint density at radius 2 is 2.04 bits per heavy atom. The SMILES string of the molecule is CN=C(NCCSc1ccccc1F)NC1CCN(CC(=O)NC)CC1.I. The van der Waals surface area contributed by atoms with Gasteiger partial charge in [0.05, 0.1) is 6.54 Å². The van der Waals surface area contributed by atoms with Crippen LogP contribution >= 0.6 is 35.7 Å².